The molecule has 0 radical (unpaired) electrons. The van der Waals surface area contributed by atoms with Crippen LogP contribution in [0.15, 0.2) is 82.8 Å². The summed E-state index contributed by atoms with van der Waals surface area (Å²) in [6.07, 6.45) is -4.80. The normalized spacial score (nSPS) is 12.2. The summed E-state index contributed by atoms with van der Waals surface area (Å²) >= 11 is 6.08. The van der Waals surface area contributed by atoms with Gasteiger partial charge < -0.3 is 0 Å². The van der Waals surface area contributed by atoms with E-state index in [2.05, 4.69) is 10.5 Å². The Labute approximate surface area is 214 Å². The fourth-order valence-corrected chi connectivity index (χ4v) is 4.84. The zero-order valence-corrected chi connectivity index (χ0v) is 20.5. The lowest BCUT2D eigenvalue weighted by atomic mass is 10.1. The van der Waals surface area contributed by atoms with E-state index in [1.165, 1.54) is 55.5 Å². The fourth-order valence-electron chi connectivity index (χ4n) is 3.12. The molecular formula is C23H18ClF3N4O5S. The molecule has 0 spiro atoms. The van der Waals surface area contributed by atoms with Crippen molar-refractivity contribution in [2.75, 3.05) is 10.8 Å². The first-order valence-electron chi connectivity index (χ1n) is 10.3. The van der Waals surface area contributed by atoms with E-state index in [4.69, 9.17) is 11.6 Å². The molecule has 0 bridgehead atoms. The third-order valence-electron chi connectivity index (χ3n) is 4.98. The smallest absolute Gasteiger partial charge is 0.271 e. The van der Waals surface area contributed by atoms with E-state index in [1.54, 1.807) is 6.07 Å². The topological polar surface area (TPSA) is 122 Å². The molecule has 0 aliphatic heterocycles. The Balaban J connectivity index is 1.97. The van der Waals surface area contributed by atoms with Crippen molar-refractivity contribution >= 4 is 44.6 Å². The number of non-ortho nitro benzene ring substituents is 1. The van der Waals surface area contributed by atoms with Gasteiger partial charge in [-0.25, -0.2) is 13.8 Å². The molecule has 9 nitrogen and oxygen atoms in total. The number of nitro groups is 1. The number of hydrazone groups is 1. The molecule has 194 valence electrons. The van der Waals surface area contributed by atoms with Crippen LogP contribution < -0.4 is 9.73 Å². The minimum atomic E-state index is -4.80. The number of nitrogens with one attached hydrogen (secondary N) is 1. The largest absolute Gasteiger partial charge is 0.416 e. The van der Waals surface area contributed by atoms with E-state index in [0.717, 1.165) is 6.07 Å². The molecule has 0 atom stereocenters. The van der Waals surface area contributed by atoms with Gasteiger partial charge in [-0.05, 0) is 37.3 Å². The molecule has 0 fully saturated rings. The molecule has 3 aromatic rings. The van der Waals surface area contributed by atoms with Gasteiger partial charge in [0, 0.05) is 17.7 Å². The fraction of sp³-hybridized carbons (Fsp3) is 0.130. The van der Waals surface area contributed by atoms with Crippen LogP contribution in [0.2, 0.25) is 5.02 Å². The van der Waals surface area contributed by atoms with Crippen molar-refractivity contribution in [2.24, 2.45) is 5.10 Å². The summed E-state index contributed by atoms with van der Waals surface area (Å²) in [5.74, 6) is -1.00. The van der Waals surface area contributed by atoms with Gasteiger partial charge in [0.05, 0.1) is 31.8 Å². The highest BCUT2D eigenvalue weighted by Crippen LogP contribution is 2.37. The number of hydrogen-bond acceptors (Lipinski definition) is 6. The lowest BCUT2D eigenvalue weighted by molar-refractivity contribution is -0.384. The zero-order valence-electron chi connectivity index (χ0n) is 18.9. The first-order valence-corrected chi connectivity index (χ1v) is 12.1. The monoisotopic (exact) mass is 554 g/mol. The number of hydrogen-bond donors (Lipinski definition) is 1. The zero-order chi connectivity index (χ0) is 27.4. The van der Waals surface area contributed by atoms with Gasteiger partial charge in [0.15, 0.2) is 0 Å². The molecule has 0 heterocycles. The van der Waals surface area contributed by atoms with Crippen LogP contribution in [-0.4, -0.2) is 31.5 Å². The summed E-state index contributed by atoms with van der Waals surface area (Å²) in [4.78, 5) is 22.8. The quantitative estimate of drug-likeness (QED) is 0.238. The number of carbonyl (C=O) groups excluding carboxylic acids is 1. The molecule has 1 amide bonds. The van der Waals surface area contributed by atoms with E-state index in [9.17, 15) is 36.5 Å². The molecule has 0 aromatic heterocycles. The molecular weight excluding hydrogens is 537 g/mol. The second kappa shape index (κ2) is 11.0. The Morgan fingerprint density at radius 2 is 1.76 bits per heavy atom. The van der Waals surface area contributed by atoms with E-state index >= 15 is 0 Å². The highest BCUT2D eigenvalue weighted by Gasteiger charge is 2.34. The molecule has 0 saturated heterocycles. The average molecular weight is 555 g/mol. The number of sulfonamides is 1. The van der Waals surface area contributed by atoms with Gasteiger partial charge in [-0.2, -0.15) is 18.3 Å². The number of amides is 1. The van der Waals surface area contributed by atoms with Crippen LogP contribution in [0.4, 0.5) is 24.5 Å². The van der Waals surface area contributed by atoms with E-state index < -0.39 is 44.8 Å². The average Bonchev–Trinajstić information content (AvgIpc) is 2.86. The molecule has 0 aliphatic carbocycles. The lowest BCUT2D eigenvalue weighted by Gasteiger charge is -2.25. The van der Waals surface area contributed by atoms with Crippen LogP contribution >= 0.6 is 11.6 Å². The molecule has 14 heteroatoms. The minimum absolute atomic E-state index is 0.159. The van der Waals surface area contributed by atoms with Crippen molar-refractivity contribution in [2.45, 2.75) is 18.0 Å². The van der Waals surface area contributed by atoms with Crippen LogP contribution in [0.1, 0.15) is 18.1 Å². The number of rotatable bonds is 8. The Kier molecular flexibility index (Phi) is 8.18. The van der Waals surface area contributed by atoms with Crippen molar-refractivity contribution < 1.29 is 31.3 Å². The van der Waals surface area contributed by atoms with Crippen LogP contribution in [0.25, 0.3) is 0 Å². The summed E-state index contributed by atoms with van der Waals surface area (Å²) in [5.41, 5.74) is 0.656. The third kappa shape index (κ3) is 6.62. The van der Waals surface area contributed by atoms with Crippen molar-refractivity contribution in [1.29, 1.82) is 0 Å². The van der Waals surface area contributed by atoms with E-state index in [1.807, 2.05) is 0 Å². The number of halogens is 4. The molecule has 3 rings (SSSR count). The molecule has 0 saturated carbocycles. The van der Waals surface area contributed by atoms with E-state index in [-0.39, 0.29) is 21.3 Å². The summed E-state index contributed by atoms with van der Waals surface area (Å²) in [6, 6.07) is 14.3. The number of anilines is 1. The number of carbonyl (C=O) groups is 1. The Bertz CT molecular complexity index is 1460. The van der Waals surface area contributed by atoms with Crippen molar-refractivity contribution in [1.82, 2.24) is 5.43 Å². The highest BCUT2D eigenvalue weighted by atomic mass is 35.5. The Morgan fingerprint density at radius 3 is 2.38 bits per heavy atom. The standard InChI is InChI=1S/C23H18ClF3N4O5S/c1-15(16-6-5-7-18(12-16)31(33)34)28-29-22(32)14-30(37(35,36)19-8-3-2-4-9-19)21-13-17(23(25,26)27)10-11-20(21)24/h2-13H,14H2,1H3,(H,29,32)/b28-15+. The van der Waals surface area contributed by atoms with Crippen LogP contribution in [-0.2, 0) is 21.0 Å². The number of alkyl halides is 3. The molecule has 3 aromatic carbocycles. The minimum Gasteiger partial charge on any atom is -0.271 e. The van der Waals surface area contributed by atoms with Crippen molar-refractivity contribution in [3.05, 3.63) is 99.1 Å². The Hall–Kier alpha value is -3.97. The maximum absolute atomic E-state index is 13.3. The second-order valence-electron chi connectivity index (χ2n) is 7.53. The van der Waals surface area contributed by atoms with Gasteiger partial charge in [0.2, 0.25) is 0 Å². The first kappa shape index (κ1) is 27.6. The van der Waals surface area contributed by atoms with Gasteiger partial charge >= 0.3 is 6.18 Å². The maximum Gasteiger partial charge on any atom is 0.416 e. The summed E-state index contributed by atoms with van der Waals surface area (Å²) in [7, 11) is -4.54. The number of benzene rings is 3. The van der Waals surface area contributed by atoms with Crippen LogP contribution in [0.5, 0.6) is 0 Å². The number of nitrogens with zero attached hydrogens (tertiary/aromatic N) is 3. The molecule has 0 unspecified atom stereocenters. The predicted molar refractivity (Wildman–Crippen MR) is 131 cm³/mol. The van der Waals surface area contributed by atoms with Crippen LogP contribution in [0, 0.1) is 10.1 Å². The van der Waals surface area contributed by atoms with Gasteiger partial charge in [0.25, 0.3) is 21.6 Å². The maximum atomic E-state index is 13.3. The summed E-state index contributed by atoms with van der Waals surface area (Å²) in [6.45, 7) is 0.478. The first-order chi connectivity index (χ1) is 17.3. The van der Waals surface area contributed by atoms with Gasteiger partial charge in [0.1, 0.15) is 6.54 Å². The summed E-state index contributed by atoms with van der Waals surface area (Å²) in [5, 5.41) is 14.5. The highest BCUT2D eigenvalue weighted by molar-refractivity contribution is 7.92. The molecule has 1 N–H and O–H groups in total. The lowest BCUT2D eigenvalue weighted by Crippen LogP contribution is -2.40. The van der Waals surface area contributed by atoms with Gasteiger partial charge in [-0.1, -0.05) is 41.9 Å². The van der Waals surface area contributed by atoms with Crippen LogP contribution in [0.3, 0.4) is 0 Å². The number of nitro benzene ring substituents is 1. The summed E-state index contributed by atoms with van der Waals surface area (Å²) < 4.78 is 67.2. The van der Waals surface area contributed by atoms with Crippen molar-refractivity contribution in [3.8, 4) is 0 Å². The second-order valence-corrected chi connectivity index (χ2v) is 9.80. The molecule has 0 aliphatic rings. The van der Waals surface area contributed by atoms with Gasteiger partial charge in [-0.3, -0.25) is 19.2 Å². The Morgan fingerprint density at radius 1 is 1.08 bits per heavy atom. The van der Waals surface area contributed by atoms with E-state index in [0.29, 0.717) is 22.0 Å². The van der Waals surface area contributed by atoms with Crippen molar-refractivity contribution in [3.63, 3.8) is 0 Å². The predicted octanol–water partition coefficient (Wildman–Crippen LogP) is 5.00. The SMILES string of the molecule is C/C(=N\NC(=O)CN(c1cc(C(F)(F)F)ccc1Cl)S(=O)(=O)c1ccccc1)c1cccc([N+](=O)[O-])c1. The third-order valence-corrected chi connectivity index (χ3v) is 7.08. The molecule has 37 heavy (non-hydrogen) atoms. The van der Waals surface area contributed by atoms with Gasteiger partial charge in [-0.15, -0.1) is 0 Å².